The highest BCUT2D eigenvalue weighted by Crippen LogP contribution is 2.16. The third-order valence-electron chi connectivity index (χ3n) is 3.63. The Bertz CT molecular complexity index is 404. The molecule has 20 heavy (non-hydrogen) atoms. The Hall–Kier alpha value is -1.51. The monoisotopic (exact) mass is 276 g/mol. The number of nitrogens with one attached hydrogen (secondary N) is 2. The second-order valence-corrected chi connectivity index (χ2v) is 5.20. The molecule has 1 rings (SSSR count). The van der Waals surface area contributed by atoms with Crippen LogP contribution in [0.4, 0.5) is 5.69 Å². The number of rotatable bonds is 9. The van der Waals surface area contributed by atoms with Gasteiger partial charge in [0.05, 0.1) is 5.56 Å². The minimum atomic E-state index is 0.0245. The fraction of sp³-hybridized carbons (Fsp3) is 0.588. The van der Waals surface area contributed by atoms with Gasteiger partial charge in [-0.05, 0) is 31.4 Å². The van der Waals surface area contributed by atoms with Gasteiger partial charge in [-0.25, -0.2) is 0 Å². The second-order valence-electron chi connectivity index (χ2n) is 5.20. The van der Waals surface area contributed by atoms with Gasteiger partial charge >= 0.3 is 0 Å². The molecule has 0 aliphatic rings. The van der Waals surface area contributed by atoms with Gasteiger partial charge in [0.1, 0.15) is 0 Å². The van der Waals surface area contributed by atoms with Crippen molar-refractivity contribution >= 4 is 11.6 Å². The van der Waals surface area contributed by atoms with Gasteiger partial charge in [0.2, 0.25) is 0 Å². The molecule has 1 aromatic carbocycles. The highest BCUT2D eigenvalue weighted by atomic mass is 16.1. The van der Waals surface area contributed by atoms with Gasteiger partial charge < -0.3 is 10.6 Å². The van der Waals surface area contributed by atoms with E-state index >= 15 is 0 Å². The number of hydrogen-bond acceptors (Lipinski definition) is 2. The molecule has 0 bridgehead atoms. The minimum Gasteiger partial charge on any atom is -0.385 e. The van der Waals surface area contributed by atoms with Crippen molar-refractivity contribution in [1.82, 2.24) is 5.32 Å². The van der Waals surface area contributed by atoms with Gasteiger partial charge in [-0.2, -0.15) is 0 Å². The second kappa shape index (κ2) is 9.40. The zero-order valence-corrected chi connectivity index (χ0v) is 13.0. The van der Waals surface area contributed by atoms with Gasteiger partial charge in [-0.15, -0.1) is 0 Å². The van der Waals surface area contributed by atoms with E-state index in [2.05, 4.69) is 24.5 Å². The number of carbonyl (C=O) groups is 1. The zero-order valence-electron chi connectivity index (χ0n) is 13.0. The Labute approximate surface area is 123 Å². The number of carbonyl (C=O) groups excluding carboxylic acids is 1. The van der Waals surface area contributed by atoms with Crippen LogP contribution in [0.2, 0.25) is 0 Å². The molecule has 2 N–H and O–H groups in total. The Morgan fingerprint density at radius 2 is 1.95 bits per heavy atom. The molecular formula is C17H28N2O. The topological polar surface area (TPSA) is 41.1 Å². The maximum Gasteiger partial charge on any atom is 0.253 e. The Kier molecular flexibility index (Phi) is 7.78. The number of para-hydroxylation sites is 1. The first-order valence-corrected chi connectivity index (χ1v) is 7.83. The molecule has 1 aromatic rings. The maximum atomic E-state index is 12.3. The first-order valence-electron chi connectivity index (χ1n) is 7.83. The first kappa shape index (κ1) is 16.5. The van der Waals surface area contributed by atoms with Crippen LogP contribution in [0.3, 0.4) is 0 Å². The SMILES string of the molecule is CCCCC(CC)CNC(=O)c1ccccc1NCC. The summed E-state index contributed by atoms with van der Waals surface area (Å²) >= 11 is 0. The standard InChI is InChI=1S/C17H28N2O/c1-4-7-10-14(5-2)13-19-17(20)15-11-8-9-12-16(15)18-6-3/h8-9,11-12,14,18H,4-7,10,13H2,1-3H3,(H,19,20). The van der Waals surface area contributed by atoms with Crippen molar-refractivity contribution in [1.29, 1.82) is 0 Å². The van der Waals surface area contributed by atoms with Crippen LogP contribution >= 0.6 is 0 Å². The van der Waals surface area contributed by atoms with Gasteiger partial charge in [0.25, 0.3) is 5.91 Å². The van der Waals surface area contributed by atoms with E-state index in [-0.39, 0.29) is 5.91 Å². The lowest BCUT2D eigenvalue weighted by atomic mass is 9.99. The lowest BCUT2D eigenvalue weighted by molar-refractivity contribution is 0.0946. The summed E-state index contributed by atoms with van der Waals surface area (Å²) in [5, 5.41) is 6.31. The Morgan fingerprint density at radius 3 is 2.60 bits per heavy atom. The molecule has 0 aliphatic heterocycles. The molecule has 112 valence electrons. The largest absolute Gasteiger partial charge is 0.385 e. The molecule has 3 heteroatoms. The van der Waals surface area contributed by atoms with E-state index in [0.29, 0.717) is 5.92 Å². The van der Waals surface area contributed by atoms with Crippen molar-refractivity contribution in [2.75, 3.05) is 18.4 Å². The van der Waals surface area contributed by atoms with E-state index in [0.717, 1.165) is 30.8 Å². The molecule has 0 saturated heterocycles. The van der Waals surface area contributed by atoms with E-state index in [4.69, 9.17) is 0 Å². The summed E-state index contributed by atoms with van der Waals surface area (Å²) in [5.41, 5.74) is 1.65. The van der Waals surface area contributed by atoms with Crippen molar-refractivity contribution in [3.8, 4) is 0 Å². The molecule has 1 amide bonds. The van der Waals surface area contributed by atoms with Gasteiger partial charge in [-0.3, -0.25) is 4.79 Å². The van der Waals surface area contributed by atoms with Crippen LogP contribution in [0.5, 0.6) is 0 Å². The summed E-state index contributed by atoms with van der Waals surface area (Å²) in [7, 11) is 0. The lowest BCUT2D eigenvalue weighted by Gasteiger charge is -2.16. The first-order chi connectivity index (χ1) is 9.72. The summed E-state index contributed by atoms with van der Waals surface area (Å²) in [4.78, 5) is 12.3. The molecule has 0 radical (unpaired) electrons. The van der Waals surface area contributed by atoms with Crippen LogP contribution in [0.25, 0.3) is 0 Å². The van der Waals surface area contributed by atoms with E-state index in [1.165, 1.54) is 19.3 Å². The molecule has 3 nitrogen and oxygen atoms in total. The van der Waals surface area contributed by atoms with Crippen molar-refractivity contribution in [3.63, 3.8) is 0 Å². The normalized spacial score (nSPS) is 11.9. The number of amides is 1. The molecular weight excluding hydrogens is 248 g/mol. The molecule has 0 fully saturated rings. The summed E-state index contributed by atoms with van der Waals surface area (Å²) in [6.07, 6.45) is 4.77. The summed E-state index contributed by atoms with van der Waals surface area (Å²) < 4.78 is 0. The number of anilines is 1. The van der Waals surface area contributed by atoms with Crippen LogP contribution in [0.1, 0.15) is 56.8 Å². The molecule has 0 aliphatic carbocycles. The van der Waals surface area contributed by atoms with Crippen LogP contribution < -0.4 is 10.6 Å². The van der Waals surface area contributed by atoms with Gasteiger partial charge in [-0.1, -0.05) is 45.2 Å². The number of unbranched alkanes of at least 4 members (excludes halogenated alkanes) is 1. The van der Waals surface area contributed by atoms with Crippen molar-refractivity contribution in [3.05, 3.63) is 29.8 Å². The predicted octanol–water partition coefficient (Wildman–Crippen LogP) is 4.06. The summed E-state index contributed by atoms with van der Waals surface area (Å²) in [6, 6.07) is 7.68. The van der Waals surface area contributed by atoms with Gasteiger partial charge in [0.15, 0.2) is 0 Å². The summed E-state index contributed by atoms with van der Waals surface area (Å²) in [5.74, 6) is 0.613. The molecule has 1 atom stereocenters. The molecule has 0 aromatic heterocycles. The number of hydrogen-bond donors (Lipinski definition) is 2. The maximum absolute atomic E-state index is 12.3. The minimum absolute atomic E-state index is 0.0245. The fourth-order valence-corrected chi connectivity index (χ4v) is 2.30. The highest BCUT2D eigenvalue weighted by Gasteiger charge is 2.12. The molecule has 1 unspecified atom stereocenters. The average molecular weight is 276 g/mol. The van der Waals surface area contributed by atoms with Crippen molar-refractivity contribution in [2.24, 2.45) is 5.92 Å². The third-order valence-corrected chi connectivity index (χ3v) is 3.63. The van der Waals surface area contributed by atoms with Gasteiger partial charge in [0, 0.05) is 18.8 Å². The van der Waals surface area contributed by atoms with E-state index in [9.17, 15) is 4.79 Å². The quantitative estimate of drug-likeness (QED) is 0.714. The Morgan fingerprint density at radius 1 is 1.20 bits per heavy atom. The molecule has 0 spiro atoms. The Balaban J connectivity index is 2.57. The zero-order chi connectivity index (χ0) is 14.8. The summed E-state index contributed by atoms with van der Waals surface area (Å²) in [6.45, 7) is 8.03. The van der Waals surface area contributed by atoms with E-state index < -0.39 is 0 Å². The van der Waals surface area contributed by atoms with Crippen LogP contribution in [-0.4, -0.2) is 19.0 Å². The van der Waals surface area contributed by atoms with Crippen molar-refractivity contribution < 1.29 is 4.79 Å². The van der Waals surface area contributed by atoms with Crippen molar-refractivity contribution in [2.45, 2.75) is 46.5 Å². The predicted molar refractivity (Wildman–Crippen MR) is 86.2 cm³/mol. The fourth-order valence-electron chi connectivity index (χ4n) is 2.30. The van der Waals surface area contributed by atoms with E-state index in [1.807, 2.05) is 31.2 Å². The molecule has 0 saturated carbocycles. The third kappa shape index (κ3) is 5.24. The smallest absolute Gasteiger partial charge is 0.253 e. The number of benzene rings is 1. The van der Waals surface area contributed by atoms with E-state index in [1.54, 1.807) is 0 Å². The highest BCUT2D eigenvalue weighted by molar-refractivity contribution is 5.99. The van der Waals surface area contributed by atoms with Crippen LogP contribution in [0.15, 0.2) is 24.3 Å². The lowest BCUT2D eigenvalue weighted by Crippen LogP contribution is -2.29. The van der Waals surface area contributed by atoms with Crippen LogP contribution in [-0.2, 0) is 0 Å². The average Bonchev–Trinajstić information content (AvgIpc) is 2.48. The molecule has 0 heterocycles. The van der Waals surface area contributed by atoms with Crippen LogP contribution in [0, 0.1) is 5.92 Å².